The first kappa shape index (κ1) is 17.4. The second-order valence-electron chi connectivity index (χ2n) is 6.32. The Morgan fingerprint density at radius 3 is 2.68 bits per heavy atom. The number of rotatable bonds is 5. The van der Waals surface area contributed by atoms with Crippen molar-refractivity contribution < 1.29 is 4.79 Å². The molecule has 0 saturated heterocycles. The Hall–Kier alpha value is -2.40. The van der Waals surface area contributed by atoms with Crippen LogP contribution in [0.5, 0.6) is 0 Å². The largest absolute Gasteiger partial charge is 0.352 e. The summed E-state index contributed by atoms with van der Waals surface area (Å²) in [5.74, 6) is -0.0287. The van der Waals surface area contributed by atoms with Crippen LogP contribution >= 0.6 is 11.3 Å². The Labute approximate surface area is 152 Å². The van der Waals surface area contributed by atoms with Crippen LogP contribution in [0, 0.1) is 27.7 Å². The molecule has 1 N–H and O–H groups in total. The second kappa shape index (κ2) is 7.23. The Kier molecular flexibility index (Phi) is 5.04. The summed E-state index contributed by atoms with van der Waals surface area (Å²) in [5.41, 5.74) is 6.08. The van der Waals surface area contributed by atoms with E-state index in [-0.39, 0.29) is 5.91 Å². The molecule has 0 radical (unpaired) electrons. The summed E-state index contributed by atoms with van der Waals surface area (Å²) in [6.45, 7) is 8.69. The van der Waals surface area contributed by atoms with E-state index >= 15 is 0 Å². The van der Waals surface area contributed by atoms with E-state index < -0.39 is 0 Å². The number of amides is 1. The zero-order chi connectivity index (χ0) is 18.0. The molecule has 25 heavy (non-hydrogen) atoms. The van der Waals surface area contributed by atoms with Crippen LogP contribution in [0.1, 0.15) is 38.0 Å². The first-order chi connectivity index (χ1) is 12.0. The molecule has 2 heterocycles. The molecular weight excluding hydrogens is 330 g/mol. The number of carbonyl (C=O) groups is 1. The second-order valence-corrected chi connectivity index (χ2v) is 7.39. The minimum absolute atomic E-state index is 0.0287. The van der Waals surface area contributed by atoms with Crippen LogP contribution in [0.15, 0.2) is 35.7 Å². The molecule has 1 aromatic carbocycles. The van der Waals surface area contributed by atoms with Crippen LogP contribution in [0.3, 0.4) is 0 Å². The zero-order valence-corrected chi connectivity index (χ0v) is 15.9. The zero-order valence-electron chi connectivity index (χ0n) is 15.1. The van der Waals surface area contributed by atoms with Crippen molar-refractivity contribution in [2.45, 2.75) is 34.1 Å². The lowest BCUT2D eigenvalue weighted by Gasteiger charge is -2.11. The van der Waals surface area contributed by atoms with Gasteiger partial charge in [0.25, 0.3) is 5.91 Å². The topological polar surface area (TPSA) is 46.9 Å². The third kappa shape index (κ3) is 3.82. The minimum Gasteiger partial charge on any atom is -0.352 e. The van der Waals surface area contributed by atoms with E-state index in [0.29, 0.717) is 6.54 Å². The van der Waals surface area contributed by atoms with E-state index in [1.165, 1.54) is 5.56 Å². The molecule has 5 heteroatoms. The summed E-state index contributed by atoms with van der Waals surface area (Å²) in [7, 11) is 0. The monoisotopic (exact) mass is 353 g/mol. The highest BCUT2D eigenvalue weighted by Gasteiger charge is 2.16. The van der Waals surface area contributed by atoms with Gasteiger partial charge < -0.3 is 9.88 Å². The van der Waals surface area contributed by atoms with E-state index in [1.54, 1.807) is 11.3 Å². The minimum atomic E-state index is -0.0287. The van der Waals surface area contributed by atoms with Crippen LogP contribution < -0.4 is 5.32 Å². The molecule has 0 atom stereocenters. The lowest BCUT2D eigenvalue weighted by Crippen LogP contribution is -2.26. The number of benzene rings is 1. The predicted molar refractivity (Wildman–Crippen MR) is 103 cm³/mol. The van der Waals surface area contributed by atoms with Gasteiger partial charge in [0.15, 0.2) is 0 Å². The van der Waals surface area contributed by atoms with Crippen molar-refractivity contribution in [1.82, 2.24) is 14.9 Å². The number of hydrogen-bond donors (Lipinski definition) is 1. The molecule has 0 aliphatic heterocycles. The highest BCUT2D eigenvalue weighted by molar-refractivity contribution is 7.09. The normalized spacial score (nSPS) is 10.9. The van der Waals surface area contributed by atoms with Gasteiger partial charge in [-0.3, -0.25) is 4.79 Å². The quantitative estimate of drug-likeness (QED) is 0.749. The molecule has 0 bridgehead atoms. The average molecular weight is 353 g/mol. The van der Waals surface area contributed by atoms with Crippen molar-refractivity contribution in [3.63, 3.8) is 0 Å². The molecule has 130 valence electrons. The number of aryl methyl sites for hydroxylation is 3. The lowest BCUT2D eigenvalue weighted by atomic mass is 10.2. The van der Waals surface area contributed by atoms with Crippen molar-refractivity contribution >= 4 is 17.2 Å². The van der Waals surface area contributed by atoms with Gasteiger partial charge in [-0.1, -0.05) is 12.1 Å². The number of nitrogens with zero attached hydrogens (tertiary/aromatic N) is 2. The number of carbonyl (C=O) groups excluding carboxylic acids is 1. The average Bonchev–Trinajstić information content (AvgIpc) is 3.10. The molecule has 0 aliphatic rings. The molecule has 3 aromatic rings. The van der Waals surface area contributed by atoms with Crippen molar-refractivity contribution in [2.24, 2.45) is 0 Å². The first-order valence-corrected chi connectivity index (χ1v) is 9.29. The molecule has 0 unspecified atom stereocenters. The van der Waals surface area contributed by atoms with E-state index in [2.05, 4.69) is 40.0 Å². The van der Waals surface area contributed by atoms with Crippen molar-refractivity contribution in [3.05, 3.63) is 68.9 Å². The smallest absolute Gasteiger partial charge is 0.253 e. The third-order valence-electron chi connectivity index (χ3n) is 4.27. The van der Waals surface area contributed by atoms with Crippen LogP contribution in [0.25, 0.3) is 5.69 Å². The van der Waals surface area contributed by atoms with Crippen LogP contribution in [-0.4, -0.2) is 22.0 Å². The Bertz CT molecular complexity index is 908. The maximum Gasteiger partial charge on any atom is 0.253 e. The summed E-state index contributed by atoms with van der Waals surface area (Å²) in [4.78, 5) is 17.0. The van der Waals surface area contributed by atoms with Crippen LogP contribution in [0.2, 0.25) is 0 Å². The van der Waals surface area contributed by atoms with Crippen LogP contribution in [-0.2, 0) is 6.42 Å². The fraction of sp³-hybridized carbons (Fsp3) is 0.300. The van der Waals surface area contributed by atoms with E-state index in [1.807, 2.05) is 38.3 Å². The van der Waals surface area contributed by atoms with Gasteiger partial charge in [0.05, 0.1) is 16.3 Å². The van der Waals surface area contributed by atoms with Gasteiger partial charge in [-0.05, 0) is 51.5 Å². The van der Waals surface area contributed by atoms with E-state index in [4.69, 9.17) is 0 Å². The van der Waals surface area contributed by atoms with Gasteiger partial charge in [0.2, 0.25) is 0 Å². The molecule has 0 saturated carbocycles. The van der Waals surface area contributed by atoms with Gasteiger partial charge in [-0.2, -0.15) is 0 Å². The molecule has 1 amide bonds. The highest BCUT2D eigenvalue weighted by atomic mass is 32.1. The molecular formula is C20H23N3OS. The molecule has 0 spiro atoms. The standard InChI is InChI=1S/C20H23N3OS/c1-13-6-5-7-18(10-13)23-14(2)11-19(15(23)3)20(24)21-9-8-17-12-25-16(4)22-17/h5-7,10-12H,8-9H2,1-4H3,(H,21,24). The van der Waals surface area contributed by atoms with Gasteiger partial charge in [0, 0.05) is 35.4 Å². The number of hydrogen-bond acceptors (Lipinski definition) is 3. The van der Waals surface area contributed by atoms with Crippen molar-refractivity contribution in [3.8, 4) is 5.69 Å². The Morgan fingerprint density at radius 1 is 1.20 bits per heavy atom. The third-order valence-corrected chi connectivity index (χ3v) is 5.09. The fourth-order valence-electron chi connectivity index (χ4n) is 3.08. The SMILES string of the molecule is Cc1cccc(-n2c(C)cc(C(=O)NCCc3csc(C)n3)c2C)c1. The first-order valence-electron chi connectivity index (χ1n) is 8.41. The molecule has 4 nitrogen and oxygen atoms in total. The number of thiazole rings is 1. The lowest BCUT2D eigenvalue weighted by molar-refractivity contribution is 0.0953. The summed E-state index contributed by atoms with van der Waals surface area (Å²) < 4.78 is 2.13. The van der Waals surface area contributed by atoms with E-state index in [0.717, 1.165) is 39.8 Å². The molecule has 0 fully saturated rings. The molecule has 2 aromatic heterocycles. The summed E-state index contributed by atoms with van der Waals surface area (Å²) in [6, 6.07) is 10.3. The summed E-state index contributed by atoms with van der Waals surface area (Å²) in [5, 5.41) is 6.12. The number of nitrogens with one attached hydrogen (secondary N) is 1. The predicted octanol–water partition coefficient (Wildman–Crippen LogP) is 4.14. The Morgan fingerprint density at radius 2 is 2.00 bits per heavy atom. The maximum atomic E-state index is 12.6. The highest BCUT2D eigenvalue weighted by Crippen LogP contribution is 2.21. The maximum absolute atomic E-state index is 12.6. The van der Waals surface area contributed by atoms with Gasteiger partial charge >= 0.3 is 0 Å². The van der Waals surface area contributed by atoms with Gasteiger partial charge in [-0.15, -0.1) is 11.3 Å². The van der Waals surface area contributed by atoms with Crippen molar-refractivity contribution in [2.75, 3.05) is 6.54 Å². The fourth-order valence-corrected chi connectivity index (χ4v) is 3.73. The van der Waals surface area contributed by atoms with Crippen LogP contribution in [0.4, 0.5) is 0 Å². The summed E-state index contributed by atoms with van der Waals surface area (Å²) in [6.07, 6.45) is 0.757. The van der Waals surface area contributed by atoms with Gasteiger partial charge in [-0.25, -0.2) is 4.98 Å². The van der Waals surface area contributed by atoms with E-state index in [9.17, 15) is 4.79 Å². The Balaban J connectivity index is 1.74. The number of aromatic nitrogens is 2. The molecule has 3 rings (SSSR count). The molecule has 0 aliphatic carbocycles. The van der Waals surface area contributed by atoms with Gasteiger partial charge in [0.1, 0.15) is 0 Å². The summed E-state index contributed by atoms with van der Waals surface area (Å²) >= 11 is 1.64. The van der Waals surface area contributed by atoms with Crippen molar-refractivity contribution in [1.29, 1.82) is 0 Å².